The van der Waals surface area contributed by atoms with E-state index in [1.165, 1.54) is 18.4 Å². The average Bonchev–Trinajstić information content (AvgIpc) is 3.47. The van der Waals surface area contributed by atoms with E-state index in [1.54, 1.807) is 6.92 Å². The Morgan fingerprint density at radius 3 is 2.62 bits per heavy atom. The van der Waals surface area contributed by atoms with E-state index < -0.39 is 0 Å². The third-order valence-electron chi connectivity index (χ3n) is 4.80. The number of esters is 1. The molecular formula is C22H25ClO3. The molecule has 0 spiro atoms. The number of aryl methyl sites for hydroxylation is 2. The topological polar surface area (TPSA) is 35.5 Å². The minimum absolute atomic E-state index is 0.239. The second-order valence-electron chi connectivity index (χ2n) is 6.78. The highest BCUT2D eigenvalue weighted by Crippen LogP contribution is 2.46. The number of carbonyl (C=O) groups excluding carboxylic acids is 1. The third kappa shape index (κ3) is 4.21. The zero-order valence-electron chi connectivity index (χ0n) is 15.6. The summed E-state index contributed by atoms with van der Waals surface area (Å²) in [5.41, 5.74) is 4.35. The maximum atomic E-state index is 11.8. The largest absolute Gasteiger partial charge is 0.488 e. The molecule has 0 saturated heterocycles. The van der Waals surface area contributed by atoms with Gasteiger partial charge in [-0.15, -0.1) is 0 Å². The molecule has 0 heterocycles. The maximum absolute atomic E-state index is 11.8. The van der Waals surface area contributed by atoms with E-state index >= 15 is 0 Å². The quantitative estimate of drug-likeness (QED) is 0.442. The standard InChI is InChI=1S/C22H25ClO3/c1-4-15-7-6-8-20(26-22(24)5-2)18(15)13-25-21-12-19(23)14(3)11-17(21)16-9-10-16/h6-8,11-12,16H,4-5,9-10,13H2,1-3H3. The molecule has 138 valence electrons. The molecule has 0 radical (unpaired) electrons. The van der Waals surface area contributed by atoms with Gasteiger partial charge >= 0.3 is 5.97 Å². The number of halogens is 1. The lowest BCUT2D eigenvalue weighted by Crippen LogP contribution is -2.10. The van der Waals surface area contributed by atoms with Gasteiger partial charge in [0.2, 0.25) is 0 Å². The van der Waals surface area contributed by atoms with Crippen LogP contribution in [0.25, 0.3) is 0 Å². The highest BCUT2D eigenvalue weighted by Gasteiger charge is 2.27. The minimum atomic E-state index is -0.239. The summed E-state index contributed by atoms with van der Waals surface area (Å²) in [4.78, 5) is 11.8. The van der Waals surface area contributed by atoms with Gasteiger partial charge in [-0.25, -0.2) is 0 Å². The Hall–Kier alpha value is -2.00. The number of hydrogen-bond donors (Lipinski definition) is 0. The number of carbonyl (C=O) groups is 1. The summed E-state index contributed by atoms with van der Waals surface area (Å²) in [6.07, 6.45) is 3.58. The first kappa shape index (κ1) is 18.8. The van der Waals surface area contributed by atoms with Crippen LogP contribution in [-0.4, -0.2) is 5.97 Å². The fourth-order valence-corrected chi connectivity index (χ4v) is 3.22. The Bertz CT molecular complexity index is 809. The average molecular weight is 373 g/mol. The van der Waals surface area contributed by atoms with Gasteiger partial charge in [-0.2, -0.15) is 0 Å². The van der Waals surface area contributed by atoms with Crippen LogP contribution in [0.5, 0.6) is 11.5 Å². The second kappa shape index (κ2) is 8.13. The molecule has 1 saturated carbocycles. The Labute approximate surface area is 160 Å². The third-order valence-corrected chi connectivity index (χ3v) is 5.21. The number of hydrogen-bond acceptors (Lipinski definition) is 3. The van der Waals surface area contributed by atoms with Crippen molar-refractivity contribution >= 4 is 17.6 Å². The van der Waals surface area contributed by atoms with Gasteiger partial charge in [0.05, 0.1) is 0 Å². The van der Waals surface area contributed by atoms with Crippen LogP contribution in [0.4, 0.5) is 0 Å². The van der Waals surface area contributed by atoms with Crippen molar-refractivity contribution in [3.8, 4) is 11.5 Å². The molecular weight excluding hydrogens is 348 g/mol. The van der Waals surface area contributed by atoms with E-state index in [9.17, 15) is 4.79 Å². The Morgan fingerprint density at radius 2 is 1.96 bits per heavy atom. The van der Waals surface area contributed by atoms with Crippen LogP contribution in [-0.2, 0) is 17.8 Å². The number of benzene rings is 2. The van der Waals surface area contributed by atoms with Gasteiger partial charge in [0.25, 0.3) is 0 Å². The monoisotopic (exact) mass is 372 g/mol. The van der Waals surface area contributed by atoms with Crippen molar-refractivity contribution in [3.63, 3.8) is 0 Å². The van der Waals surface area contributed by atoms with Crippen molar-refractivity contribution in [2.45, 2.75) is 59.0 Å². The van der Waals surface area contributed by atoms with Crippen LogP contribution in [0.3, 0.4) is 0 Å². The molecule has 3 rings (SSSR count). The van der Waals surface area contributed by atoms with Gasteiger partial charge in [-0.1, -0.05) is 43.6 Å². The summed E-state index contributed by atoms with van der Waals surface area (Å²) in [5.74, 6) is 1.75. The SMILES string of the molecule is CCC(=O)Oc1cccc(CC)c1COc1cc(Cl)c(C)cc1C1CC1. The van der Waals surface area contributed by atoms with Crippen molar-refractivity contribution in [3.05, 3.63) is 57.6 Å². The molecule has 1 aliphatic carbocycles. The van der Waals surface area contributed by atoms with E-state index in [2.05, 4.69) is 13.0 Å². The molecule has 4 heteroatoms. The summed E-state index contributed by atoms with van der Waals surface area (Å²) >= 11 is 6.32. The number of rotatable bonds is 7. The van der Waals surface area contributed by atoms with Crippen LogP contribution in [0, 0.1) is 6.92 Å². The zero-order chi connectivity index (χ0) is 18.7. The molecule has 0 aliphatic heterocycles. The van der Waals surface area contributed by atoms with Crippen LogP contribution in [0.2, 0.25) is 5.02 Å². The van der Waals surface area contributed by atoms with Gasteiger partial charge in [-0.05, 0) is 60.9 Å². The normalized spacial score (nSPS) is 13.5. The molecule has 0 aromatic heterocycles. The lowest BCUT2D eigenvalue weighted by Gasteiger charge is -2.17. The van der Waals surface area contributed by atoms with Gasteiger partial charge in [0.1, 0.15) is 18.1 Å². The highest BCUT2D eigenvalue weighted by atomic mass is 35.5. The van der Waals surface area contributed by atoms with E-state index in [0.717, 1.165) is 28.9 Å². The second-order valence-corrected chi connectivity index (χ2v) is 7.18. The smallest absolute Gasteiger partial charge is 0.310 e. The molecule has 2 aromatic rings. The van der Waals surface area contributed by atoms with E-state index in [1.807, 2.05) is 31.2 Å². The molecule has 1 fully saturated rings. The molecule has 0 amide bonds. The summed E-state index contributed by atoms with van der Waals surface area (Å²) < 4.78 is 11.7. The summed E-state index contributed by atoms with van der Waals surface area (Å²) in [6.45, 7) is 6.25. The molecule has 0 N–H and O–H groups in total. The van der Waals surface area contributed by atoms with Crippen molar-refractivity contribution in [2.24, 2.45) is 0 Å². The first-order chi connectivity index (χ1) is 12.5. The maximum Gasteiger partial charge on any atom is 0.310 e. The van der Waals surface area contributed by atoms with Crippen LogP contribution in [0.1, 0.15) is 61.3 Å². The minimum Gasteiger partial charge on any atom is -0.488 e. The molecule has 0 unspecified atom stereocenters. The van der Waals surface area contributed by atoms with Crippen LogP contribution >= 0.6 is 11.6 Å². The fourth-order valence-electron chi connectivity index (χ4n) is 3.07. The molecule has 2 aromatic carbocycles. The van der Waals surface area contributed by atoms with Crippen molar-refractivity contribution in [2.75, 3.05) is 0 Å². The Morgan fingerprint density at radius 1 is 1.19 bits per heavy atom. The van der Waals surface area contributed by atoms with E-state index in [-0.39, 0.29) is 5.97 Å². The predicted octanol–water partition coefficient (Wildman–Crippen LogP) is 5.98. The van der Waals surface area contributed by atoms with Crippen LogP contribution in [0.15, 0.2) is 30.3 Å². The molecule has 0 bridgehead atoms. The molecule has 1 aliphatic rings. The van der Waals surface area contributed by atoms with Crippen LogP contribution < -0.4 is 9.47 Å². The fraction of sp³-hybridized carbons (Fsp3) is 0.409. The van der Waals surface area contributed by atoms with Crippen molar-refractivity contribution in [1.82, 2.24) is 0 Å². The molecule has 0 atom stereocenters. The van der Waals surface area contributed by atoms with Gasteiger partial charge in [0, 0.05) is 17.0 Å². The summed E-state index contributed by atoms with van der Waals surface area (Å²) in [6, 6.07) is 9.84. The summed E-state index contributed by atoms with van der Waals surface area (Å²) in [7, 11) is 0. The zero-order valence-corrected chi connectivity index (χ0v) is 16.4. The van der Waals surface area contributed by atoms with E-state index in [4.69, 9.17) is 21.1 Å². The lowest BCUT2D eigenvalue weighted by molar-refractivity contribution is -0.134. The van der Waals surface area contributed by atoms with E-state index in [0.29, 0.717) is 29.7 Å². The van der Waals surface area contributed by atoms with Crippen molar-refractivity contribution in [1.29, 1.82) is 0 Å². The van der Waals surface area contributed by atoms with Crippen molar-refractivity contribution < 1.29 is 14.3 Å². The summed E-state index contributed by atoms with van der Waals surface area (Å²) in [5, 5.41) is 0.714. The molecule has 26 heavy (non-hydrogen) atoms. The first-order valence-corrected chi connectivity index (χ1v) is 9.65. The predicted molar refractivity (Wildman–Crippen MR) is 104 cm³/mol. The molecule has 3 nitrogen and oxygen atoms in total. The Balaban J connectivity index is 1.88. The Kier molecular flexibility index (Phi) is 5.87. The van der Waals surface area contributed by atoms with Gasteiger partial charge in [-0.3, -0.25) is 4.79 Å². The number of ether oxygens (including phenoxy) is 2. The van der Waals surface area contributed by atoms with Gasteiger partial charge in [0.15, 0.2) is 0 Å². The lowest BCUT2D eigenvalue weighted by atomic mass is 10.0. The first-order valence-electron chi connectivity index (χ1n) is 9.27. The van der Waals surface area contributed by atoms with Gasteiger partial charge < -0.3 is 9.47 Å². The highest BCUT2D eigenvalue weighted by molar-refractivity contribution is 6.31.